The van der Waals surface area contributed by atoms with Crippen molar-refractivity contribution in [3.8, 4) is 0 Å². The molecule has 0 aliphatic heterocycles. The Morgan fingerprint density at radius 3 is 2.89 bits per heavy atom. The summed E-state index contributed by atoms with van der Waals surface area (Å²) in [5, 5.41) is 13.4. The van der Waals surface area contributed by atoms with Gasteiger partial charge in [0.15, 0.2) is 0 Å². The molecule has 3 rings (SSSR count). The quantitative estimate of drug-likeness (QED) is 0.874. The van der Waals surface area contributed by atoms with Crippen molar-refractivity contribution in [3.63, 3.8) is 0 Å². The smallest absolute Gasteiger partial charge is 0.0474 e. The molecular formula is C17H25NO. The van der Waals surface area contributed by atoms with E-state index in [2.05, 4.69) is 30.4 Å². The van der Waals surface area contributed by atoms with E-state index in [1.807, 2.05) is 0 Å². The highest BCUT2D eigenvalue weighted by atomic mass is 16.3. The highest BCUT2D eigenvalue weighted by Crippen LogP contribution is 2.34. The molecular weight excluding hydrogens is 234 g/mol. The van der Waals surface area contributed by atoms with Gasteiger partial charge in [-0.25, -0.2) is 0 Å². The maximum atomic E-state index is 9.53. The summed E-state index contributed by atoms with van der Waals surface area (Å²) < 4.78 is 0. The van der Waals surface area contributed by atoms with Crippen LogP contribution in [0.25, 0.3) is 0 Å². The van der Waals surface area contributed by atoms with Crippen molar-refractivity contribution in [2.45, 2.75) is 57.5 Å². The minimum absolute atomic E-state index is 0.338. The standard InChI is InChI=1S/C17H25NO/c1-12-6-7-13-8-9-17(15(13)10-12)18-16-5-3-2-4-14(16)11-19/h6-7,10,14,16-19H,2-5,8-9,11H2,1H3. The predicted octanol–water partition coefficient (Wildman–Crippen LogP) is 3.12. The van der Waals surface area contributed by atoms with E-state index in [-0.39, 0.29) is 0 Å². The van der Waals surface area contributed by atoms with Crippen molar-refractivity contribution in [2.75, 3.05) is 6.61 Å². The molecule has 0 amide bonds. The summed E-state index contributed by atoms with van der Waals surface area (Å²) in [6, 6.07) is 7.87. The lowest BCUT2D eigenvalue weighted by Crippen LogP contribution is -2.41. The maximum absolute atomic E-state index is 9.53. The number of aliphatic hydroxyl groups excluding tert-OH is 1. The molecule has 0 heterocycles. The third kappa shape index (κ3) is 2.70. The van der Waals surface area contributed by atoms with Crippen molar-refractivity contribution in [1.82, 2.24) is 5.32 Å². The Labute approximate surface area is 116 Å². The Bertz CT molecular complexity index is 443. The van der Waals surface area contributed by atoms with Crippen LogP contribution in [0.4, 0.5) is 0 Å². The van der Waals surface area contributed by atoms with Gasteiger partial charge in [0.05, 0.1) is 0 Å². The normalized spacial score (nSPS) is 30.3. The number of fused-ring (bicyclic) bond motifs is 1. The van der Waals surface area contributed by atoms with Crippen LogP contribution >= 0.6 is 0 Å². The molecule has 19 heavy (non-hydrogen) atoms. The van der Waals surface area contributed by atoms with Gasteiger partial charge >= 0.3 is 0 Å². The number of aryl methyl sites for hydroxylation is 2. The molecule has 2 nitrogen and oxygen atoms in total. The lowest BCUT2D eigenvalue weighted by molar-refractivity contribution is 0.145. The van der Waals surface area contributed by atoms with Gasteiger partial charge in [0.2, 0.25) is 0 Å². The molecule has 2 N–H and O–H groups in total. The fourth-order valence-corrected chi connectivity index (χ4v) is 3.80. The average molecular weight is 259 g/mol. The van der Waals surface area contributed by atoms with Gasteiger partial charge < -0.3 is 10.4 Å². The summed E-state index contributed by atoms with van der Waals surface area (Å²) in [4.78, 5) is 0. The van der Waals surface area contributed by atoms with Crippen molar-refractivity contribution in [1.29, 1.82) is 0 Å². The number of rotatable bonds is 3. The molecule has 3 unspecified atom stereocenters. The molecule has 2 heteroatoms. The number of benzene rings is 1. The first-order valence-electron chi connectivity index (χ1n) is 7.74. The van der Waals surface area contributed by atoms with Gasteiger partial charge in [-0.15, -0.1) is 0 Å². The van der Waals surface area contributed by atoms with Gasteiger partial charge in [-0.2, -0.15) is 0 Å². The second-order valence-electron chi connectivity index (χ2n) is 6.29. The summed E-state index contributed by atoms with van der Waals surface area (Å²) in [6.07, 6.45) is 7.41. The molecule has 0 saturated heterocycles. The Morgan fingerprint density at radius 1 is 1.21 bits per heavy atom. The zero-order valence-electron chi connectivity index (χ0n) is 11.9. The van der Waals surface area contributed by atoms with E-state index in [9.17, 15) is 5.11 Å². The van der Waals surface area contributed by atoms with Crippen LogP contribution in [0.1, 0.15) is 54.8 Å². The molecule has 2 aliphatic carbocycles. The van der Waals surface area contributed by atoms with Gasteiger partial charge in [0, 0.05) is 18.7 Å². The first kappa shape index (κ1) is 13.1. The number of hydrogen-bond acceptors (Lipinski definition) is 2. The fourth-order valence-electron chi connectivity index (χ4n) is 3.80. The summed E-state index contributed by atoms with van der Waals surface area (Å²) >= 11 is 0. The molecule has 1 aromatic rings. The van der Waals surface area contributed by atoms with E-state index in [1.165, 1.54) is 55.2 Å². The molecule has 104 valence electrons. The molecule has 0 spiro atoms. The van der Waals surface area contributed by atoms with E-state index in [1.54, 1.807) is 0 Å². The van der Waals surface area contributed by atoms with Crippen LogP contribution in [0.5, 0.6) is 0 Å². The fraction of sp³-hybridized carbons (Fsp3) is 0.647. The highest BCUT2D eigenvalue weighted by molar-refractivity contribution is 5.37. The molecule has 0 aromatic heterocycles. The predicted molar refractivity (Wildman–Crippen MR) is 78.2 cm³/mol. The van der Waals surface area contributed by atoms with E-state index >= 15 is 0 Å². The van der Waals surface area contributed by atoms with Crippen LogP contribution in [0.15, 0.2) is 18.2 Å². The Hall–Kier alpha value is -0.860. The zero-order valence-corrected chi connectivity index (χ0v) is 11.9. The van der Waals surface area contributed by atoms with Crippen LogP contribution in [-0.2, 0) is 6.42 Å². The summed E-state index contributed by atoms with van der Waals surface area (Å²) in [6.45, 7) is 2.51. The lowest BCUT2D eigenvalue weighted by atomic mass is 9.84. The summed E-state index contributed by atoms with van der Waals surface area (Å²) in [7, 11) is 0. The van der Waals surface area contributed by atoms with Crippen molar-refractivity contribution >= 4 is 0 Å². The van der Waals surface area contributed by atoms with Gasteiger partial charge in [-0.1, -0.05) is 36.6 Å². The highest BCUT2D eigenvalue weighted by Gasteiger charge is 2.29. The molecule has 1 fully saturated rings. The first-order chi connectivity index (χ1) is 9.28. The van der Waals surface area contributed by atoms with Crippen molar-refractivity contribution in [2.24, 2.45) is 5.92 Å². The van der Waals surface area contributed by atoms with Gasteiger partial charge in [0.25, 0.3) is 0 Å². The van der Waals surface area contributed by atoms with Crippen LogP contribution in [0.2, 0.25) is 0 Å². The molecule has 3 atom stereocenters. The molecule has 0 radical (unpaired) electrons. The SMILES string of the molecule is Cc1ccc2c(c1)C(NC1CCCCC1CO)CC2. The largest absolute Gasteiger partial charge is 0.396 e. The minimum Gasteiger partial charge on any atom is -0.396 e. The van der Waals surface area contributed by atoms with Crippen molar-refractivity contribution in [3.05, 3.63) is 34.9 Å². The van der Waals surface area contributed by atoms with E-state index in [0.717, 1.165) is 0 Å². The Morgan fingerprint density at radius 2 is 2.05 bits per heavy atom. The minimum atomic E-state index is 0.338. The van der Waals surface area contributed by atoms with Gasteiger partial charge in [0.1, 0.15) is 0 Å². The van der Waals surface area contributed by atoms with E-state index < -0.39 is 0 Å². The molecule has 0 bridgehead atoms. The van der Waals surface area contributed by atoms with E-state index in [4.69, 9.17) is 0 Å². The number of nitrogens with one attached hydrogen (secondary N) is 1. The Kier molecular flexibility index (Phi) is 3.90. The van der Waals surface area contributed by atoms with Crippen LogP contribution in [0, 0.1) is 12.8 Å². The van der Waals surface area contributed by atoms with Gasteiger partial charge in [-0.05, 0) is 49.7 Å². The average Bonchev–Trinajstić information content (AvgIpc) is 2.82. The van der Waals surface area contributed by atoms with E-state index in [0.29, 0.717) is 24.6 Å². The first-order valence-corrected chi connectivity index (χ1v) is 7.74. The second kappa shape index (κ2) is 5.64. The van der Waals surface area contributed by atoms with Crippen LogP contribution in [-0.4, -0.2) is 17.8 Å². The third-order valence-corrected chi connectivity index (χ3v) is 4.94. The molecule has 2 aliphatic rings. The van der Waals surface area contributed by atoms with Crippen LogP contribution < -0.4 is 5.32 Å². The van der Waals surface area contributed by atoms with Gasteiger partial charge in [-0.3, -0.25) is 0 Å². The number of hydrogen-bond donors (Lipinski definition) is 2. The maximum Gasteiger partial charge on any atom is 0.0474 e. The van der Waals surface area contributed by atoms with Crippen molar-refractivity contribution < 1.29 is 5.11 Å². The molecule has 1 saturated carbocycles. The zero-order chi connectivity index (χ0) is 13.2. The summed E-state index contributed by atoms with van der Waals surface area (Å²) in [5.74, 6) is 0.461. The molecule has 1 aromatic carbocycles. The third-order valence-electron chi connectivity index (χ3n) is 4.94. The van der Waals surface area contributed by atoms with Crippen LogP contribution in [0.3, 0.4) is 0 Å². The second-order valence-corrected chi connectivity index (χ2v) is 6.29. The summed E-state index contributed by atoms with van der Waals surface area (Å²) in [5.41, 5.74) is 4.37. The Balaban J connectivity index is 1.73. The topological polar surface area (TPSA) is 32.3 Å². The lowest BCUT2D eigenvalue weighted by Gasteiger charge is -2.33. The number of aliphatic hydroxyl groups is 1. The monoisotopic (exact) mass is 259 g/mol.